The Bertz CT molecular complexity index is 1210. The number of rotatable bonds is 9. The maximum Gasteiger partial charge on any atom is 0.387 e. The Labute approximate surface area is 192 Å². The van der Waals surface area contributed by atoms with Crippen molar-refractivity contribution in [1.82, 2.24) is 4.90 Å². The van der Waals surface area contributed by atoms with Crippen molar-refractivity contribution in [3.63, 3.8) is 0 Å². The fourth-order valence-corrected chi connectivity index (χ4v) is 5.29. The highest BCUT2D eigenvalue weighted by molar-refractivity contribution is 7.90. The fourth-order valence-electron chi connectivity index (χ4n) is 3.41. The Morgan fingerprint density at radius 1 is 1.21 bits per heavy atom. The van der Waals surface area contributed by atoms with Gasteiger partial charge in [-0.3, -0.25) is 19.3 Å². The number of sulfone groups is 1. The van der Waals surface area contributed by atoms with E-state index in [2.05, 4.69) is 10.1 Å². The van der Waals surface area contributed by atoms with Crippen LogP contribution in [0.25, 0.3) is 0 Å². The van der Waals surface area contributed by atoms with Crippen LogP contribution in [0.15, 0.2) is 23.6 Å². The summed E-state index contributed by atoms with van der Waals surface area (Å²) in [4.78, 5) is 38.5. The number of ether oxygens (including phenoxy) is 2. The van der Waals surface area contributed by atoms with Gasteiger partial charge in [-0.2, -0.15) is 8.78 Å². The molecule has 0 unspecified atom stereocenters. The number of hydrogen-bond acceptors (Lipinski definition) is 8. The van der Waals surface area contributed by atoms with Crippen molar-refractivity contribution >= 4 is 43.9 Å². The zero-order valence-electron chi connectivity index (χ0n) is 17.8. The lowest BCUT2D eigenvalue weighted by molar-refractivity contribution is -0.114. The van der Waals surface area contributed by atoms with Crippen LogP contribution in [0.2, 0.25) is 0 Å². The molecule has 2 aromatic rings. The van der Waals surface area contributed by atoms with Crippen LogP contribution in [-0.2, 0) is 14.6 Å². The van der Waals surface area contributed by atoms with E-state index in [1.165, 1.54) is 24.4 Å². The lowest BCUT2D eigenvalue weighted by Gasteiger charge is -2.27. The molecule has 3 rings (SSSR count). The molecule has 1 N–H and O–H groups in total. The SMILES string of the molecule is CCOc1cc([C@@H](CS(C)(=O)=O)N2C(=O)c3csc(NC(C)=O)c3C2=O)ccc1OC(F)F. The van der Waals surface area contributed by atoms with E-state index in [0.29, 0.717) is 0 Å². The summed E-state index contributed by atoms with van der Waals surface area (Å²) in [5.74, 6) is -2.95. The third kappa shape index (κ3) is 5.30. The summed E-state index contributed by atoms with van der Waals surface area (Å²) in [6.45, 7) is -0.165. The van der Waals surface area contributed by atoms with Crippen molar-refractivity contribution < 1.29 is 41.1 Å². The van der Waals surface area contributed by atoms with E-state index in [-0.39, 0.29) is 39.8 Å². The molecule has 0 aliphatic carbocycles. The molecule has 0 bridgehead atoms. The number of carbonyl (C=O) groups is 3. The Hall–Kier alpha value is -3.06. The van der Waals surface area contributed by atoms with Crippen LogP contribution in [-0.4, -0.2) is 56.3 Å². The number of amides is 3. The fraction of sp³-hybridized carbons (Fsp3) is 0.350. The van der Waals surface area contributed by atoms with Gasteiger partial charge in [0.05, 0.1) is 29.5 Å². The highest BCUT2D eigenvalue weighted by atomic mass is 32.2. The number of fused-ring (bicyclic) bond motifs is 1. The van der Waals surface area contributed by atoms with Gasteiger partial charge in [0.1, 0.15) is 14.8 Å². The third-order valence-electron chi connectivity index (χ3n) is 4.60. The van der Waals surface area contributed by atoms with Gasteiger partial charge in [0.25, 0.3) is 11.8 Å². The standard InChI is InChI=1S/C20H20F2N2O7S2/c1-4-30-15-7-11(5-6-14(15)31-20(21)22)13(9-33(3,28)29)24-18(26)12-8-32-17(23-10(2)25)16(12)19(24)27/h5-8,13,20H,4,9H2,1-3H3,(H,23,25)/t13-/m1/s1. The Morgan fingerprint density at radius 2 is 1.91 bits per heavy atom. The van der Waals surface area contributed by atoms with Gasteiger partial charge in [-0.25, -0.2) is 8.42 Å². The van der Waals surface area contributed by atoms with Crippen molar-refractivity contribution in [2.24, 2.45) is 0 Å². The molecule has 0 spiro atoms. The number of carbonyl (C=O) groups excluding carboxylic acids is 3. The molecule has 1 aromatic heterocycles. The van der Waals surface area contributed by atoms with Crippen molar-refractivity contribution in [1.29, 1.82) is 0 Å². The van der Waals surface area contributed by atoms with Crippen molar-refractivity contribution in [2.75, 3.05) is 23.9 Å². The van der Waals surface area contributed by atoms with Crippen LogP contribution < -0.4 is 14.8 Å². The van der Waals surface area contributed by atoms with Crippen LogP contribution in [0.3, 0.4) is 0 Å². The first-order valence-corrected chi connectivity index (χ1v) is 12.5. The topological polar surface area (TPSA) is 119 Å². The van der Waals surface area contributed by atoms with Gasteiger partial charge in [0, 0.05) is 18.6 Å². The number of anilines is 1. The molecule has 0 fully saturated rings. The molecular formula is C20H20F2N2O7S2. The zero-order chi connectivity index (χ0) is 24.5. The number of alkyl halides is 2. The largest absolute Gasteiger partial charge is 0.490 e. The highest BCUT2D eigenvalue weighted by Crippen LogP contribution is 2.41. The first-order valence-electron chi connectivity index (χ1n) is 9.59. The molecule has 33 heavy (non-hydrogen) atoms. The number of benzene rings is 1. The summed E-state index contributed by atoms with van der Waals surface area (Å²) in [6, 6.07) is 2.43. The summed E-state index contributed by atoms with van der Waals surface area (Å²) in [5.41, 5.74) is 0.179. The molecule has 1 aromatic carbocycles. The van der Waals surface area contributed by atoms with Gasteiger partial charge in [-0.15, -0.1) is 11.3 Å². The molecule has 13 heteroatoms. The normalized spacial score (nSPS) is 14.4. The Morgan fingerprint density at radius 3 is 2.48 bits per heavy atom. The van der Waals surface area contributed by atoms with Gasteiger partial charge in [-0.05, 0) is 24.6 Å². The van der Waals surface area contributed by atoms with E-state index in [9.17, 15) is 31.6 Å². The number of nitrogens with one attached hydrogen (secondary N) is 1. The average molecular weight is 503 g/mol. The van der Waals surface area contributed by atoms with Crippen molar-refractivity contribution in [3.8, 4) is 11.5 Å². The molecule has 2 heterocycles. The number of nitrogens with zero attached hydrogens (tertiary/aromatic N) is 1. The first-order chi connectivity index (χ1) is 15.4. The monoisotopic (exact) mass is 502 g/mol. The second kappa shape index (κ2) is 9.43. The summed E-state index contributed by atoms with van der Waals surface area (Å²) in [5, 5.41) is 4.07. The minimum absolute atomic E-state index is 0.0265. The second-order valence-electron chi connectivity index (χ2n) is 7.14. The number of thiophene rings is 1. The molecule has 0 radical (unpaired) electrons. The molecule has 1 atom stereocenters. The highest BCUT2D eigenvalue weighted by Gasteiger charge is 2.44. The Balaban J connectivity index is 2.08. The van der Waals surface area contributed by atoms with E-state index >= 15 is 0 Å². The minimum atomic E-state index is -3.71. The van der Waals surface area contributed by atoms with Gasteiger partial charge in [0.15, 0.2) is 11.5 Å². The van der Waals surface area contributed by atoms with Crippen LogP contribution in [0.4, 0.5) is 13.8 Å². The second-order valence-corrected chi connectivity index (χ2v) is 10.2. The van der Waals surface area contributed by atoms with Gasteiger partial charge in [0.2, 0.25) is 5.91 Å². The van der Waals surface area contributed by atoms with Crippen molar-refractivity contribution in [3.05, 3.63) is 40.3 Å². The Kier molecular flexibility index (Phi) is 7.03. The smallest absolute Gasteiger partial charge is 0.387 e. The van der Waals surface area contributed by atoms with Gasteiger partial charge < -0.3 is 14.8 Å². The maximum atomic E-state index is 13.2. The maximum absolute atomic E-state index is 13.2. The van der Waals surface area contributed by atoms with Crippen LogP contribution in [0.1, 0.15) is 46.2 Å². The third-order valence-corrected chi connectivity index (χ3v) is 6.42. The van der Waals surface area contributed by atoms with E-state index < -0.39 is 46.0 Å². The van der Waals surface area contributed by atoms with Crippen LogP contribution in [0, 0.1) is 0 Å². The van der Waals surface area contributed by atoms with Gasteiger partial charge in [-0.1, -0.05) is 6.07 Å². The molecule has 1 aliphatic heterocycles. The first kappa shape index (κ1) is 24.6. The lowest BCUT2D eigenvalue weighted by Crippen LogP contribution is -2.38. The molecule has 178 valence electrons. The number of imide groups is 1. The van der Waals surface area contributed by atoms with E-state index in [4.69, 9.17) is 4.74 Å². The van der Waals surface area contributed by atoms with E-state index in [1.54, 1.807) is 6.92 Å². The molecule has 0 saturated carbocycles. The lowest BCUT2D eigenvalue weighted by atomic mass is 10.1. The van der Waals surface area contributed by atoms with Crippen LogP contribution in [0.5, 0.6) is 11.5 Å². The average Bonchev–Trinajstić information content (AvgIpc) is 3.20. The predicted octanol–water partition coefficient (Wildman–Crippen LogP) is 3.09. The molecule has 1 aliphatic rings. The van der Waals surface area contributed by atoms with E-state index in [0.717, 1.165) is 28.6 Å². The molecule has 3 amide bonds. The van der Waals surface area contributed by atoms with Crippen molar-refractivity contribution in [2.45, 2.75) is 26.5 Å². The zero-order valence-corrected chi connectivity index (χ0v) is 19.4. The quantitative estimate of drug-likeness (QED) is 0.524. The molecular weight excluding hydrogens is 482 g/mol. The van der Waals surface area contributed by atoms with E-state index in [1.807, 2.05) is 0 Å². The summed E-state index contributed by atoms with van der Waals surface area (Å²) >= 11 is 1.00. The molecule has 9 nitrogen and oxygen atoms in total. The number of hydrogen-bond donors (Lipinski definition) is 1. The minimum Gasteiger partial charge on any atom is -0.490 e. The molecule has 0 saturated heterocycles. The van der Waals surface area contributed by atoms with Gasteiger partial charge >= 0.3 is 6.61 Å². The summed E-state index contributed by atoms with van der Waals surface area (Å²) in [7, 11) is -3.71. The predicted molar refractivity (Wildman–Crippen MR) is 116 cm³/mol. The van der Waals surface area contributed by atoms with Crippen LogP contribution >= 0.6 is 11.3 Å². The summed E-state index contributed by atoms with van der Waals surface area (Å²) in [6.07, 6.45) is 0.945. The number of halogens is 2. The summed E-state index contributed by atoms with van der Waals surface area (Å²) < 4.78 is 59.6.